The van der Waals surface area contributed by atoms with E-state index in [1.165, 1.54) is 12.1 Å². The maximum Gasteiger partial charge on any atom is 0.416 e. The number of halogens is 3. The lowest BCUT2D eigenvalue weighted by Gasteiger charge is -2.35. The van der Waals surface area contributed by atoms with Crippen LogP contribution < -0.4 is 10.6 Å². The second kappa shape index (κ2) is 8.06. The summed E-state index contributed by atoms with van der Waals surface area (Å²) in [6, 6.07) is 3.83. The van der Waals surface area contributed by atoms with Gasteiger partial charge >= 0.3 is 18.3 Å². The second-order valence-corrected chi connectivity index (χ2v) is 6.87. The smallest absolute Gasteiger partial charge is 0.416 e. The molecule has 9 heteroatoms. The fraction of sp³-hybridized carbons (Fsp3) is 0.556. The summed E-state index contributed by atoms with van der Waals surface area (Å²) >= 11 is 0. The molecule has 27 heavy (non-hydrogen) atoms. The minimum Gasteiger partial charge on any atom is -0.447 e. The monoisotopic (exact) mass is 385 g/mol. The second-order valence-electron chi connectivity index (χ2n) is 6.87. The lowest BCUT2D eigenvalue weighted by Crippen LogP contribution is -2.48. The number of rotatable bonds is 4. The predicted octanol–water partition coefficient (Wildman–Crippen LogP) is 3.98. The van der Waals surface area contributed by atoms with Gasteiger partial charge in [0.15, 0.2) is 0 Å². The summed E-state index contributed by atoms with van der Waals surface area (Å²) in [4.78, 5) is 25.8. The molecule has 1 aromatic rings. The summed E-state index contributed by atoms with van der Waals surface area (Å²) in [5.41, 5.74) is -0.490. The number of nitrogens with one attached hydrogen (secondary N) is 2. The number of piperidine rings is 1. The van der Waals surface area contributed by atoms with Crippen LogP contribution in [0.2, 0.25) is 0 Å². The van der Waals surface area contributed by atoms with Crippen LogP contribution >= 0.6 is 0 Å². The number of urea groups is 1. The summed E-state index contributed by atoms with van der Waals surface area (Å²) in [5, 5.41) is 5.34. The fourth-order valence-corrected chi connectivity index (χ4v) is 2.99. The van der Waals surface area contributed by atoms with E-state index in [9.17, 15) is 22.8 Å². The molecule has 1 aliphatic carbocycles. The Kier molecular flexibility index (Phi) is 5.76. The van der Waals surface area contributed by atoms with Crippen LogP contribution in [0.25, 0.3) is 0 Å². The highest BCUT2D eigenvalue weighted by atomic mass is 19.4. The van der Waals surface area contributed by atoms with E-state index < -0.39 is 23.9 Å². The predicted molar refractivity (Wildman–Crippen MR) is 92.3 cm³/mol. The Morgan fingerprint density at radius 1 is 1.11 bits per heavy atom. The fourth-order valence-electron chi connectivity index (χ4n) is 2.99. The van der Waals surface area contributed by atoms with E-state index >= 15 is 0 Å². The molecule has 2 aliphatic rings. The van der Waals surface area contributed by atoms with Gasteiger partial charge in [0.1, 0.15) is 6.61 Å². The molecular formula is C18H22F3N3O3. The molecular weight excluding hydrogens is 363 g/mol. The highest BCUT2D eigenvalue weighted by molar-refractivity contribution is 5.89. The average Bonchev–Trinajstić information content (AvgIpc) is 3.44. The Labute approximate surface area is 155 Å². The number of amides is 3. The van der Waals surface area contributed by atoms with Crippen LogP contribution in [0, 0.1) is 0 Å². The van der Waals surface area contributed by atoms with Crippen molar-refractivity contribution >= 4 is 17.8 Å². The quantitative estimate of drug-likeness (QED) is 0.824. The van der Waals surface area contributed by atoms with Gasteiger partial charge in [0, 0.05) is 18.3 Å². The first-order valence-electron chi connectivity index (χ1n) is 9.01. The van der Waals surface area contributed by atoms with Crippen molar-refractivity contribution in [2.45, 2.75) is 50.4 Å². The summed E-state index contributed by atoms with van der Waals surface area (Å²) in [6.07, 6.45) is -0.532. The molecule has 0 bridgehead atoms. The Hall–Kier alpha value is -2.45. The zero-order valence-corrected chi connectivity index (χ0v) is 14.7. The maximum absolute atomic E-state index is 12.6. The van der Waals surface area contributed by atoms with Gasteiger partial charge in [-0.1, -0.05) is 0 Å². The highest BCUT2D eigenvalue weighted by Gasteiger charge is 2.31. The molecule has 6 nitrogen and oxygen atoms in total. The van der Waals surface area contributed by atoms with E-state index in [1.54, 1.807) is 4.90 Å². The lowest BCUT2D eigenvalue weighted by molar-refractivity contribution is -0.137. The van der Waals surface area contributed by atoms with Crippen molar-refractivity contribution in [2.24, 2.45) is 0 Å². The van der Waals surface area contributed by atoms with Crippen molar-refractivity contribution in [1.29, 1.82) is 0 Å². The van der Waals surface area contributed by atoms with Crippen LogP contribution in [0.5, 0.6) is 0 Å². The molecule has 3 amide bonds. The van der Waals surface area contributed by atoms with Gasteiger partial charge in [0.2, 0.25) is 0 Å². The molecule has 1 saturated carbocycles. The Balaban J connectivity index is 1.55. The molecule has 1 atom stereocenters. The standard InChI is InChI=1S/C18H22F3N3O3/c19-18(20,21)12-4-6-13(7-5-12)22-16(25)24-10-2-1-3-15(24)11-27-17(26)23-14-8-9-14/h4-7,14-15H,1-3,8-11H2,(H,22,25)(H,23,26). The largest absolute Gasteiger partial charge is 0.447 e. The summed E-state index contributed by atoms with van der Waals surface area (Å²) in [6.45, 7) is 0.601. The van der Waals surface area contributed by atoms with Gasteiger partial charge in [-0.3, -0.25) is 0 Å². The maximum atomic E-state index is 12.6. The van der Waals surface area contributed by atoms with Gasteiger partial charge in [0.25, 0.3) is 0 Å². The normalized spacial score (nSPS) is 20.1. The summed E-state index contributed by atoms with van der Waals surface area (Å²) in [7, 11) is 0. The van der Waals surface area contributed by atoms with E-state index in [0.717, 1.165) is 37.8 Å². The molecule has 0 radical (unpaired) electrons. The third kappa shape index (κ3) is 5.51. The molecule has 0 spiro atoms. The topological polar surface area (TPSA) is 70.7 Å². The number of carbonyl (C=O) groups is 2. The number of alkyl halides is 3. The van der Waals surface area contributed by atoms with Crippen LogP contribution in [0.1, 0.15) is 37.7 Å². The molecule has 0 aromatic heterocycles. The summed E-state index contributed by atoms with van der Waals surface area (Å²) in [5.74, 6) is 0. The number of likely N-dealkylation sites (tertiary alicyclic amines) is 1. The van der Waals surface area contributed by atoms with Crippen molar-refractivity contribution in [3.8, 4) is 0 Å². The molecule has 148 valence electrons. The van der Waals surface area contributed by atoms with Gasteiger partial charge < -0.3 is 20.3 Å². The SMILES string of the molecule is O=C(NC1CC1)OCC1CCCCN1C(=O)Nc1ccc(C(F)(F)F)cc1. The number of hydrogen-bond donors (Lipinski definition) is 2. The van der Waals surface area contributed by atoms with Crippen molar-refractivity contribution in [2.75, 3.05) is 18.5 Å². The van der Waals surface area contributed by atoms with Gasteiger partial charge in [-0.15, -0.1) is 0 Å². The Morgan fingerprint density at radius 2 is 1.81 bits per heavy atom. The zero-order chi connectivity index (χ0) is 19.4. The van der Waals surface area contributed by atoms with Gasteiger partial charge in [-0.05, 0) is 56.4 Å². The number of alkyl carbamates (subject to hydrolysis) is 1. The third-order valence-corrected chi connectivity index (χ3v) is 4.66. The van der Waals surface area contributed by atoms with Crippen molar-refractivity contribution in [1.82, 2.24) is 10.2 Å². The molecule has 1 aromatic carbocycles. The van der Waals surface area contributed by atoms with Crippen LogP contribution in [0.15, 0.2) is 24.3 Å². The first-order chi connectivity index (χ1) is 12.8. The van der Waals surface area contributed by atoms with E-state index in [2.05, 4.69) is 10.6 Å². The number of anilines is 1. The van der Waals surface area contributed by atoms with E-state index in [0.29, 0.717) is 13.0 Å². The van der Waals surface area contributed by atoms with Gasteiger partial charge in [-0.25, -0.2) is 9.59 Å². The van der Waals surface area contributed by atoms with E-state index in [4.69, 9.17) is 4.74 Å². The zero-order valence-electron chi connectivity index (χ0n) is 14.7. The van der Waals surface area contributed by atoms with Crippen LogP contribution in [0.3, 0.4) is 0 Å². The Bertz CT molecular complexity index is 675. The van der Waals surface area contributed by atoms with Crippen LogP contribution in [0.4, 0.5) is 28.4 Å². The molecule has 3 rings (SSSR count). The average molecular weight is 385 g/mol. The van der Waals surface area contributed by atoms with Gasteiger partial charge in [0.05, 0.1) is 11.6 Å². The lowest BCUT2D eigenvalue weighted by atomic mass is 10.0. The number of benzene rings is 1. The van der Waals surface area contributed by atoms with Crippen LogP contribution in [-0.2, 0) is 10.9 Å². The number of carbonyl (C=O) groups excluding carboxylic acids is 2. The first kappa shape index (κ1) is 19.3. The number of ether oxygens (including phenoxy) is 1. The van der Waals surface area contributed by atoms with Crippen molar-refractivity contribution < 1.29 is 27.5 Å². The minimum atomic E-state index is -4.42. The Morgan fingerprint density at radius 3 is 2.44 bits per heavy atom. The third-order valence-electron chi connectivity index (χ3n) is 4.66. The van der Waals surface area contributed by atoms with Crippen molar-refractivity contribution in [3.05, 3.63) is 29.8 Å². The summed E-state index contributed by atoms with van der Waals surface area (Å²) < 4.78 is 43.1. The van der Waals surface area contributed by atoms with Crippen LogP contribution in [-0.4, -0.2) is 42.3 Å². The molecule has 1 saturated heterocycles. The minimum absolute atomic E-state index is 0.0962. The molecule has 1 unspecified atom stereocenters. The molecule has 1 aliphatic heterocycles. The molecule has 1 heterocycles. The highest BCUT2D eigenvalue weighted by Crippen LogP contribution is 2.30. The van der Waals surface area contributed by atoms with Gasteiger partial charge in [-0.2, -0.15) is 13.2 Å². The first-order valence-corrected chi connectivity index (χ1v) is 9.01. The van der Waals surface area contributed by atoms with Crippen molar-refractivity contribution in [3.63, 3.8) is 0 Å². The van der Waals surface area contributed by atoms with E-state index in [1.807, 2.05) is 0 Å². The van der Waals surface area contributed by atoms with E-state index in [-0.39, 0.29) is 24.4 Å². The molecule has 2 fully saturated rings. The number of nitrogens with zero attached hydrogens (tertiary/aromatic N) is 1. The number of hydrogen-bond acceptors (Lipinski definition) is 3. The molecule has 2 N–H and O–H groups in total.